The predicted octanol–water partition coefficient (Wildman–Crippen LogP) is 3.26. The fourth-order valence-electron chi connectivity index (χ4n) is 3.27. The van der Waals surface area contributed by atoms with Crippen LogP contribution in [0.2, 0.25) is 0 Å². The standard InChI is InChI=1S/C22H26N2O5S/c1-16(29-22(26)17-6-12-20(13-7-17)30(2,27)28)21(25)23-18-8-10-19(11-9-18)24-14-4-3-5-15-24/h6-13,16H,3-5,14-15H2,1-2H3,(H,23,25)/t16-/m0/s1. The molecule has 1 fully saturated rings. The number of sulfone groups is 1. The van der Waals surface area contributed by atoms with E-state index in [4.69, 9.17) is 4.74 Å². The molecule has 0 aliphatic carbocycles. The summed E-state index contributed by atoms with van der Waals surface area (Å²) in [5, 5.41) is 2.74. The monoisotopic (exact) mass is 430 g/mol. The lowest BCUT2D eigenvalue weighted by Gasteiger charge is -2.28. The van der Waals surface area contributed by atoms with Gasteiger partial charge >= 0.3 is 5.97 Å². The minimum atomic E-state index is -3.35. The summed E-state index contributed by atoms with van der Waals surface area (Å²) in [6.45, 7) is 3.58. The van der Waals surface area contributed by atoms with Gasteiger partial charge in [0.25, 0.3) is 5.91 Å². The third-order valence-corrected chi connectivity index (χ3v) is 6.16. The van der Waals surface area contributed by atoms with Gasteiger partial charge in [-0.25, -0.2) is 13.2 Å². The summed E-state index contributed by atoms with van der Waals surface area (Å²) in [4.78, 5) is 27.0. The number of nitrogens with zero attached hydrogens (tertiary/aromatic N) is 1. The first-order valence-corrected chi connectivity index (χ1v) is 11.8. The molecule has 160 valence electrons. The lowest BCUT2D eigenvalue weighted by atomic mass is 10.1. The molecular weight excluding hydrogens is 404 g/mol. The first kappa shape index (κ1) is 21.8. The second-order valence-corrected chi connectivity index (χ2v) is 9.44. The molecule has 1 saturated heterocycles. The van der Waals surface area contributed by atoms with Gasteiger partial charge < -0.3 is 15.0 Å². The normalized spacial score (nSPS) is 15.3. The lowest BCUT2D eigenvalue weighted by molar-refractivity contribution is -0.123. The number of anilines is 2. The zero-order valence-corrected chi connectivity index (χ0v) is 17.9. The number of esters is 1. The molecule has 7 nitrogen and oxygen atoms in total. The van der Waals surface area contributed by atoms with Gasteiger partial charge in [0.05, 0.1) is 10.5 Å². The number of amides is 1. The van der Waals surface area contributed by atoms with Crippen molar-refractivity contribution in [3.63, 3.8) is 0 Å². The Morgan fingerprint density at radius 3 is 2.13 bits per heavy atom. The van der Waals surface area contributed by atoms with Gasteiger partial charge in [-0.05, 0) is 74.7 Å². The van der Waals surface area contributed by atoms with Crippen LogP contribution in [0, 0.1) is 0 Å². The van der Waals surface area contributed by atoms with E-state index in [0.717, 1.165) is 25.0 Å². The molecule has 2 aromatic rings. The minimum absolute atomic E-state index is 0.109. The molecule has 1 amide bonds. The largest absolute Gasteiger partial charge is 0.449 e. The highest BCUT2D eigenvalue weighted by Crippen LogP contribution is 2.22. The number of rotatable bonds is 6. The second kappa shape index (κ2) is 9.30. The Morgan fingerprint density at radius 1 is 0.967 bits per heavy atom. The van der Waals surface area contributed by atoms with Crippen molar-refractivity contribution in [2.45, 2.75) is 37.2 Å². The number of ether oxygens (including phenoxy) is 1. The van der Waals surface area contributed by atoms with Gasteiger partial charge in [-0.3, -0.25) is 4.79 Å². The van der Waals surface area contributed by atoms with Crippen molar-refractivity contribution in [1.29, 1.82) is 0 Å². The van der Waals surface area contributed by atoms with Crippen molar-refractivity contribution in [2.75, 3.05) is 29.6 Å². The smallest absolute Gasteiger partial charge is 0.338 e. The van der Waals surface area contributed by atoms with Crippen LogP contribution >= 0.6 is 0 Å². The van der Waals surface area contributed by atoms with Crippen LogP contribution in [0.5, 0.6) is 0 Å². The molecule has 0 radical (unpaired) electrons. The third kappa shape index (κ3) is 5.60. The van der Waals surface area contributed by atoms with E-state index in [2.05, 4.69) is 10.2 Å². The van der Waals surface area contributed by atoms with E-state index in [1.165, 1.54) is 50.5 Å². The fraction of sp³-hybridized carbons (Fsp3) is 0.364. The molecule has 1 aliphatic rings. The molecule has 1 N–H and O–H groups in total. The lowest BCUT2D eigenvalue weighted by Crippen LogP contribution is -2.30. The average Bonchev–Trinajstić information content (AvgIpc) is 2.74. The van der Waals surface area contributed by atoms with Crippen LogP contribution in [-0.2, 0) is 19.4 Å². The maximum Gasteiger partial charge on any atom is 0.338 e. The fourth-order valence-corrected chi connectivity index (χ4v) is 3.90. The molecular formula is C22H26N2O5S. The molecule has 3 rings (SSSR count). The molecule has 1 heterocycles. The quantitative estimate of drug-likeness (QED) is 0.707. The highest BCUT2D eigenvalue weighted by molar-refractivity contribution is 7.90. The van der Waals surface area contributed by atoms with E-state index in [1.54, 1.807) is 0 Å². The molecule has 0 aromatic heterocycles. The molecule has 0 spiro atoms. The molecule has 0 saturated carbocycles. The average molecular weight is 431 g/mol. The first-order chi connectivity index (χ1) is 14.2. The summed E-state index contributed by atoms with van der Waals surface area (Å²) >= 11 is 0. The van der Waals surface area contributed by atoms with E-state index in [-0.39, 0.29) is 10.5 Å². The zero-order valence-electron chi connectivity index (χ0n) is 17.1. The van der Waals surface area contributed by atoms with E-state index in [0.29, 0.717) is 5.69 Å². The van der Waals surface area contributed by atoms with Crippen molar-refractivity contribution < 1.29 is 22.7 Å². The molecule has 8 heteroatoms. The Kier molecular flexibility index (Phi) is 6.77. The van der Waals surface area contributed by atoms with Crippen LogP contribution in [0.15, 0.2) is 53.4 Å². The van der Waals surface area contributed by atoms with Crippen molar-refractivity contribution in [2.24, 2.45) is 0 Å². The SMILES string of the molecule is C[C@H](OC(=O)c1ccc(S(C)(=O)=O)cc1)C(=O)Nc1ccc(N2CCCCC2)cc1. The molecule has 1 atom stereocenters. The van der Waals surface area contributed by atoms with Crippen molar-refractivity contribution >= 4 is 33.1 Å². The minimum Gasteiger partial charge on any atom is -0.449 e. The number of benzene rings is 2. The van der Waals surface area contributed by atoms with Crippen LogP contribution < -0.4 is 10.2 Å². The van der Waals surface area contributed by atoms with E-state index >= 15 is 0 Å². The topological polar surface area (TPSA) is 92.8 Å². The third-order valence-electron chi connectivity index (χ3n) is 5.03. The number of carbonyl (C=O) groups is 2. The summed E-state index contributed by atoms with van der Waals surface area (Å²) in [5.74, 6) is -1.14. The highest BCUT2D eigenvalue weighted by atomic mass is 32.2. The van der Waals surface area contributed by atoms with Crippen LogP contribution in [0.1, 0.15) is 36.5 Å². The number of piperidine rings is 1. The van der Waals surface area contributed by atoms with Crippen molar-refractivity contribution in [1.82, 2.24) is 0 Å². The van der Waals surface area contributed by atoms with Crippen LogP contribution in [-0.4, -0.2) is 45.7 Å². The molecule has 2 aromatic carbocycles. The maximum atomic E-state index is 12.4. The van der Waals surface area contributed by atoms with E-state index in [1.807, 2.05) is 24.3 Å². The van der Waals surface area contributed by atoms with Gasteiger partial charge in [-0.15, -0.1) is 0 Å². The predicted molar refractivity (Wildman–Crippen MR) is 116 cm³/mol. The van der Waals surface area contributed by atoms with Crippen LogP contribution in [0.3, 0.4) is 0 Å². The Balaban J connectivity index is 1.55. The summed E-state index contributed by atoms with van der Waals surface area (Å²) in [6, 6.07) is 13.0. The van der Waals surface area contributed by atoms with Gasteiger partial charge in [0.15, 0.2) is 15.9 Å². The number of nitrogens with one attached hydrogen (secondary N) is 1. The van der Waals surface area contributed by atoms with E-state index < -0.39 is 27.8 Å². The second-order valence-electron chi connectivity index (χ2n) is 7.43. The molecule has 0 unspecified atom stereocenters. The van der Waals surface area contributed by atoms with Crippen LogP contribution in [0.4, 0.5) is 11.4 Å². The molecule has 1 aliphatic heterocycles. The summed E-state index contributed by atoms with van der Waals surface area (Å²) < 4.78 is 28.2. The Labute approximate surface area is 177 Å². The van der Waals surface area contributed by atoms with E-state index in [9.17, 15) is 18.0 Å². The van der Waals surface area contributed by atoms with Crippen molar-refractivity contribution in [3.8, 4) is 0 Å². The van der Waals surface area contributed by atoms with Gasteiger partial charge in [0, 0.05) is 30.7 Å². The Hall–Kier alpha value is -2.87. The molecule has 0 bridgehead atoms. The summed E-state index contributed by atoms with van der Waals surface area (Å²) in [5.41, 5.74) is 1.93. The summed E-state index contributed by atoms with van der Waals surface area (Å²) in [6.07, 6.45) is 3.74. The van der Waals surface area contributed by atoms with Crippen LogP contribution in [0.25, 0.3) is 0 Å². The Bertz CT molecular complexity index is 995. The molecule has 30 heavy (non-hydrogen) atoms. The van der Waals surface area contributed by atoms with Crippen molar-refractivity contribution in [3.05, 3.63) is 54.1 Å². The number of hydrogen-bond acceptors (Lipinski definition) is 6. The summed E-state index contributed by atoms with van der Waals surface area (Å²) in [7, 11) is -3.35. The first-order valence-electron chi connectivity index (χ1n) is 9.91. The highest BCUT2D eigenvalue weighted by Gasteiger charge is 2.20. The van der Waals surface area contributed by atoms with Gasteiger partial charge in [-0.1, -0.05) is 0 Å². The maximum absolute atomic E-state index is 12.4. The Morgan fingerprint density at radius 2 is 1.57 bits per heavy atom. The van der Waals surface area contributed by atoms with Gasteiger partial charge in [0.2, 0.25) is 0 Å². The number of hydrogen-bond donors (Lipinski definition) is 1. The number of carbonyl (C=O) groups excluding carboxylic acids is 2. The van der Waals surface area contributed by atoms with Gasteiger partial charge in [0.1, 0.15) is 0 Å². The zero-order chi connectivity index (χ0) is 21.7. The van der Waals surface area contributed by atoms with Gasteiger partial charge in [-0.2, -0.15) is 0 Å².